The minimum absolute atomic E-state index is 0.0709. The lowest BCUT2D eigenvalue weighted by molar-refractivity contribution is -0.135. The zero-order valence-corrected chi connectivity index (χ0v) is 8.97. The molecule has 3 heteroatoms. The van der Waals surface area contributed by atoms with Gasteiger partial charge in [0.25, 0.3) is 0 Å². The molecular weight excluding hydrogens is 216 g/mol. The number of benzene rings is 2. The highest BCUT2D eigenvalue weighted by Gasteiger charge is 2.03. The molecule has 0 aliphatic heterocycles. The van der Waals surface area contributed by atoms with Crippen LogP contribution in [0.4, 0.5) is 0 Å². The molecule has 0 aliphatic carbocycles. The first-order chi connectivity index (χ1) is 8.18. The summed E-state index contributed by atoms with van der Waals surface area (Å²) >= 11 is 0. The van der Waals surface area contributed by atoms with Gasteiger partial charge in [-0.25, -0.2) is 0 Å². The number of phenolic OH excluding ortho intramolecular Hbond substituents is 1. The lowest BCUT2D eigenvalue weighted by atomic mass is 10.0. The van der Waals surface area contributed by atoms with Crippen molar-refractivity contribution in [2.75, 3.05) is 0 Å². The maximum absolute atomic E-state index is 10.4. The van der Waals surface area contributed by atoms with E-state index in [9.17, 15) is 9.90 Å². The van der Waals surface area contributed by atoms with Gasteiger partial charge in [0.15, 0.2) is 0 Å². The van der Waals surface area contributed by atoms with Gasteiger partial charge in [-0.1, -0.05) is 42.2 Å². The minimum Gasteiger partial charge on any atom is -0.507 e. The molecule has 0 saturated carbocycles. The first kappa shape index (κ1) is 11.0. The SMILES string of the molecule is O=C(O)CC#Cc1c(O)ccc2ccccc12. The third-order valence-electron chi connectivity index (χ3n) is 2.36. The van der Waals surface area contributed by atoms with Crippen LogP contribution in [0.2, 0.25) is 0 Å². The molecule has 84 valence electrons. The molecule has 3 nitrogen and oxygen atoms in total. The summed E-state index contributed by atoms with van der Waals surface area (Å²) in [6.07, 6.45) is -0.233. The van der Waals surface area contributed by atoms with Crippen LogP contribution in [-0.4, -0.2) is 16.2 Å². The molecular formula is C14H10O3. The van der Waals surface area contributed by atoms with Crippen LogP contribution in [-0.2, 0) is 4.79 Å². The highest BCUT2D eigenvalue weighted by molar-refractivity contribution is 5.90. The third kappa shape index (κ3) is 2.37. The van der Waals surface area contributed by atoms with E-state index in [2.05, 4.69) is 11.8 Å². The van der Waals surface area contributed by atoms with E-state index in [0.29, 0.717) is 5.56 Å². The lowest BCUT2D eigenvalue weighted by Gasteiger charge is -2.02. The summed E-state index contributed by atoms with van der Waals surface area (Å²) in [6.45, 7) is 0. The van der Waals surface area contributed by atoms with Crippen molar-refractivity contribution in [3.63, 3.8) is 0 Å². The molecule has 2 aromatic carbocycles. The van der Waals surface area contributed by atoms with Crippen molar-refractivity contribution in [3.8, 4) is 17.6 Å². The quantitative estimate of drug-likeness (QED) is 0.734. The van der Waals surface area contributed by atoms with Crippen molar-refractivity contribution < 1.29 is 15.0 Å². The van der Waals surface area contributed by atoms with E-state index in [4.69, 9.17) is 5.11 Å². The van der Waals surface area contributed by atoms with Crippen molar-refractivity contribution >= 4 is 16.7 Å². The molecule has 0 amide bonds. The van der Waals surface area contributed by atoms with Gasteiger partial charge >= 0.3 is 5.97 Å². The summed E-state index contributed by atoms with van der Waals surface area (Å²) in [5, 5.41) is 20.0. The predicted molar refractivity (Wildman–Crippen MR) is 64.7 cm³/mol. The second kappa shape index (κ2) is 4.58. The first-order valence-corrected chi connectivity index (χ1v) is 5.10. The Bertz CT molecular complexity index is 633. The summed E-state index contributed by atoms with van der Waals surface area (Å²) in [6, 6.07) is 10.9. The lowest BCUT2D eigenvalue weighted by Crippen LogP contribution is -1.90. The molecule has 0 aromatic heterocycles. The van der Waals surface area contributed by atoms with Crippen LogP contribution in [0.25, 0.3) is 10.8 Å². The zero-order valence-electron chi connectivity index (χ0n) is 8.97. The van der Waals surface area contributed by atoms with E-state index >= 15 is 0 Å². The van der Waals surface area contributed by atoms with Gasteiger partial charge in [0.05, 0.1) is 5.56 Å². The Morgan fingerprint density at radius 3 is 2.71 bits per heavy atom. The number of aliphatic carboxylic acids is 1. The number of aromatic hydroxyl groups is 1. The van der Waals surface area contributed by atoms with Crippen LogP contribution < -0.4 is 0 Å². The van der Waals surface area contributed by atoms with Crippen LogP contribution in [0.1, 0.15) is 12.0 Å². The van der Waals surface area contributed by atoms with Gasteiger partial charge in [0, 0.05) is 5.39 Å². The molecule has 2 aromatic rings. The van der Waals surface area contributed by atoms with Crippen LogP contribution in [0.5, 0.6) is 5.75 Å². The van der Waals surface area contributed by atoms with Gasteiger partial charge in [0.1, 0.15) is 12.2 Å². The smallest absolute Gasteiger partial charge is 0.315 e. The number of carboxylic acids is 1. The normalized spacial score (nSPS) is 9.65. The number of carbonyl (C=O) groups is 1. The molecule has 0 aliphatic rings. The van der Waals surface area contributed by atoms with Crippen LogP contribution in [0.15, 0.2) is 36.4 Å². The van der Waals surface area contributed by atoms with Gasteiger partial charge < -0.3 is 10.2 Å². The van der Waals surface area contributed by atoms with Crippen LogP contribution >= 0.6 is 0 Å². The van der Waals surface area contributed by atoms with Crippen molar-refractivity contribution in [3.05, 3.63) is 42.0 Å². The van der Waals surface area contributed by atoms with Crippen molar-refractivity contribution in [2.45, 2.75) is 6.42 Å². The molecule has 2 rings (SSSR count). The summed E-state index contributed by atoms with van der Waals surface area (Å²) < 4.78 is 0. The molecule has 0 heterocycles. The number of rotatable bonds is 1. The van der Waals surface area contributed by atoms with E-state index in [0.717, 1.165) is 10.8 Å². The van der Waals surface area contributed by atoms with Gasteiger partial charge in [-0.2, -0.15) is 0 Å². The summed E-state index contributed by atoms with van der Waals surface area (Å²) in [4.78, 5) is 10.4. The van der Waals surface area contributed by atoms with E-state index in [1.165, 1.54) is 0 Å². The standard InChI is InChI=1S/C14H10O3/c15-13-9-8-10-4-1-2-5-11(10)12(13)6-3-7-14(16)17/h1-2,4-5,8-9,15H,7H2,(H,16,17). The Labute approximate surface area is 98.3 Å². The average molecular weight is 226 g/mol. The molecule has 2 N–H and O–H groups in total. The molecule has 0 radical (unpaired) electrons. The van der Waals surface area contributed by atoms with Crippen molar-refractivity contribution in [2.24, 2.45) is 0 Å². The number of hydrogen-bond donors (Lipinski definition) is 2. The Hall–Kier alpha value is -2.47. The highest BCUT2D eigenvalue weighted by atomic mass is 16.4. The van der Waals surface area contributed by atoms with Gasteiger partial charge in [-0.3, -0.25) is 4.79 Å². The summed E-state index contributed by atoms with van der Waals surface area (Å²) in [7, 11) is 0. The third-order valence-corrected chi connectivity index (χ3v) is 2.36. The van der Waals surface area contributed by atoms with Crippen LogP contribution in [0, 0.1) is 11.8 Å². The van der Waals surface area contributed by atoms with Gasteiger partial charge in [-0.05, 0) is 11.5 Å². The molecule has 0 saturated heterocycles. The minimum atomic E-state index is -0.975. The Morgan fingerprint density at radius 2 is 1.94 bits per heavy atom. The van der Waals surface area contributed by atoms with Gasteiger partial charge in [0.2, 0.25) is 0 Å². The summed E-state index contributed by atoms with van der Waals surface area (Å²) in [5.74, 6) is 4.33. The Morgan fingerprint density at radius 1 is 1.18 bits per heavy atom. The maximum Gasteiger partial charge on any atom is 0.315 e. The van der Waals surface area contributed by atoms with E-state index in [1.807, 2.05) is 24.3 Å². The molecule has 0 fully saturated rings. The second-order valence-electron chi connectivity index (χ2n) is 3.55. The fourth-order valence-electron chi connectivity index (χ4n) is 1.60. The number of hydrogen-bond acceptors (Lipinski definition) is 2. The molecule has 0 atom stereocenters. The Kier molecular flexibility index (Phi) is 2.97. The van der Waals surface area contributed by atoms with Crippen molar-refractivity contribution in [1.29, 1.82) is 0 Å². The molecule has 0 spiro atoms. The van der Waals surface area contributed by atoms with Gasteiger partial charge in [-0.15, -0.1) is 0 Å². The molecule has 17 heavy (non-hydrogen) atoms. The Balaban J connectivity index is 2.54. The largest absolute Gasteiger partial charge is 0.507 e. The fourth-order valence-corrected chi connectivity index (χ4v) is 1.60. The number of fused-ring (bicyclic) bond motifs is 1. The van der Waals surface area contributed by atoms with E-state index < -0.39 is 5.97 Å². The highest BCUT2D eigenvalue weighted by Crippen LogP contribution is 2.25. The van der Waals surface area contributed by atoms with Crippen LogP contribution in [0.3, 0.4) is 0 Å². The topological polar surface area (TPSA) is 57.5 Å². The second-order valence-corrected chi connectivity index (χ2v) is 3.55. The van der Waals surface area contributed by atoms with Crippen molar-refractivity contribution in [1.82, 2.24) is 0 Å². The fraction of sp³-hybridized carbons (Fsp3) is 0.0714. The monoisotopic (exact) mass is 226 g/mol. The summed E-state index contributed by atoms with van der Waals surface area (Å²) in [5.41, 5.74) is 0.476. The maximum atomic E-state index is 10.4. The number of phenols is 1. The number of carboxylic acid groups (broad SMARTS) is 1. The van der Waals surface area contributed by atoms with E-state index in [1.54, 1.807) is 12.1 Å². The predicted octanol–water partition coefficient (Wildman–Crippen LogP) is 2.37. The molecule has 0 bridgehead atoms. The first-order valence-electron chi connectivity index (χ1n) is 5.10. The van der Waals surface area contributed by atoms with E-state index in [-0.39, 0.29) is 12.2 Å². The zero-order chi connectivity index (χ0) is 12.3. The molecule has 0 unspecified atom stereocenters. The average Bonchev–Trinajstić information content (AvgIpc) is 2.32.